The van der Waals surface area contributed by atoms with Crippen LogP contribution in [0.25, 0.3) is 0 Å². The lowest BCUT2D eigenvalue weighted by atomic mass is 9.77. The van der Waals surface area contributed by atoms with Gasteiger partial charge in [-0.25, -0.2) is 9.48 Å². The van der Waals surface area contributed by atoms with E-state index in [0.717, 1.165) is 5.56 Å². The molecule has 5 rings (SSSR count). The number of ether oxygens (including phenoxy) is 7. The maximum Gasteiger partial charge on any atom is 0.407 e. The maximum absolute atomic E-state index is 14.5. The summed E-state index contributed by atoms with van der Waals surface area (Å²) in [5.41, 5.74) is -3.21. The first kappa shape index (κ1) is 56.9. The molecule has 1 aromatic carbocycles. The highest BCUT2D eigenvalue weighted by atomic mass is 35.5. The molecule has 69 heavy (non-hydrogen) atoms. The van der Waals surface area contributed by atoms with Gasteiger partial charge < -0.3 is 68.7 Å². The number of aromatic nitrogens is 3. The molecule has 5 N–H and O–H groups in total. The van der Waals surface area contributed by atoms with Crippen molar-refractivity contribution < 1.29 is 63.2 Å². The molecule has 0 spiro atoms. The standard InChI is InChI=1S/C49H81ClN6O13/c1-15-37-49(10,62)41(58)31(6)55(13)24-27(2)21-47(8,61)42(68-45-39(57)36(54(11)12)19-28(3)64-45)29(4)40(30(5)44(59)66-37)67-38-22-48(9,63-14)43(32(7)65-38)69-46(60)51-23-35-26-56(53-52-35)25-33-17-16-18-34(50)20-33/h16-18,20,26-32,36-43,45,57-58,61-62H,15,19,21-25H2,1-14H3,(H,51,60)/t27-,28-,29+,30-,31-,32+,36+,37-,38+,39-,40+,41-,42-,43+,45+,47-,48-,49-/m1/s1. The summed E-state index contributed by atoms with van der Waals surface area (Å²) in [5.74, 6) is -2.84. The van der Waals surface area contributed by atoms with Crippen molar-refractivity contribution in [3.05, 3.63) is 46.7 Å². The molecule has 2 aromatic rings. The van der Waals surface area contributed by atoms with Gasteiger partial charge in [0.2, 0.25) is 0 Å². The lowest BCUT2D eigenvalue weighted by Crippen LogP contribution is -2.61. The molecule has 3 aliphatic rings. The van der Waals surface area contributed by atoms with E-state index in [2.05, 4.69) is 15.6 Å². The monoisotopic (exact) mass is 997 g/mol. The predicted molar refractivity (Wildman–Crippen MR) is 256 cm³/mol. The average Bonchev–Trinajstić information content (AvgIpc) is 3.72. The van der Waals surface area contributed by atoms with Crippen LogP contribution in [0.4, 0.5) is 4.79 Å². The van der Waals surface area contributed by atoms with Crippen molar-refractivity contribution in [1.82, 2.24) is 30.1 Å². The first-order valence-electron chi connectivity index (χ1n) is 24.3. The zero-order valence-corrected chi connectivity index (χ0v) is 43.8. The predicted octanol–water partition coefficient (Wildman–Crippen LogP) is 4.13. The summed E-state index contributed by atoms with van der Waals surface area (Å²) in [6, 6.07) is 6.52. The number of amides is 1. The van der Waals surface area contributed by atoms with Gasteiger partial charge in [0.25, 0.3) is 0 Å². The summed E-state index contributed by atoms with van der Waals surface area (Å²) in [4.78, 5) is 31.7. The number of carbonyl (C=O) groups excluding carboxylic acids is 2. The zero-order valence-electron chi connectivity index (χ0n) is 43.1. The van der Waals surface area contributed by atoms with E-state index in [1.54, 1.807) is 65.4 Å². The first-order chi connectivity index (χ1) is 32.2. The van der Waals surface area contributed by atoms with Gasteiger partial charge in [-0.1, -0.05) is 49.7 Å². The Balaban J connectivity index is 1.43. The number of aliphatic hydroxyl groups is 4. The maximum atomic E-state index is 14.5. The number of likely N-dealkylation sites (N-methyl/N-ethyl adjacent to an activating group) is 2. The molecule has 3 saturated heterocycles. The Kier molecular flexibility index (Phi) is 19.5. The fraction of sp³-hybridized carbons (Fsp3) is 0.796. The lowest BCUT2D eigenvalue weighted by Gasteiger charge is -2.49. The number of alkyl carbamates (subject to hydrolysis) is 1. The van der Waals surface area contributed by atoms with Crippen LogP contribution in [0.5, 0.6) is 0 Å². The summed E-state index contributed by atoms with van der Waals surface area (Å²) in [6.07, 6.45) is -8.09. The number of hydrogen-bond acceptors (Lipinski definition) is 17. The van der Waals surface area contributed by atoms with E-state index in [4.69, 9.17) is 44.8 Å². The van der Waals surface area contributed by atoms with Crippen molar-refractivity contribution in [2.45, 2.75) is 198 Å². The van der Waals surface area contributed by atoms with Gasteiger partial charge in [0.05, 0.1) is 55.2 Å². The molecule has 0 unspecified atom stereocenters. The van der Waals surface area contributed by atoms with Crippen LogP contribution in [0.3, 0.4) is 0 Å². The van der Waals surface area contributed by atoms with Crippen LogP contribution in [-0.2, 0) is 51.0 Å². The van der Waals surface area contributed by atoms with Crippen LogP contribution < -0.4 is 5.32 Å². The smallest absolute Gasteiger partial charge is 0.407 e. The van der Waals surface area contributed by atoms with Gasteiger partial charge in [0.1, 0.15) is 35.2 Å². The Bertz CT molecular complexity index is 1980. The zero-order chi connectivity index (χ0) is 51.3. The van der Waals surface area contributed by atoms with Gasteiger partial charge in [0.15, 0.2) is 18.7 Å². The number of nitrogens with one attached hydrogen (secondary N) is 1. The van der Waals surface area contributed by atoms with Crippen LogP contribution in [0.15, 0.2) is 30.5 Å². The molecule has 18 atom stereocenters. The topological polar surface area (TPSA) is 229 Å². The summed E-state index contributed by atoms with van der Waals surface area (Å²) in [5, 5.41) is 59.7. The van der Waals surface area contributed by atoms with E-state index in [1.165, 1.54) is 14.0 Å². The number of halogens is 1. The number of nitrogens with zero attached hydrogens (tertiary/aromatic N) is 5. The number of cyclic esters (lactones) is 1. The lowest BCUT2D eigenvalue weighted by molar-refractivity contribution is -0.317. The fourth-order valence-electron chi connectivity index (χ4n) is 10.6. The highest BCUT2D eigenvalue weighted by Crippen LogP contribution is 2.41. The average molecular weight is 998 g/mol. The van der Waals surface area contributed by atoms with Gasteiger partial charge in [-0.15, -0.1) is 5.10 Å². The van der Waals surface area contributed by atoms with E-state index < -0.39 is 102 Å². The minimum absolute atomic E-state index is 0.0305. The second-order valence-corrected chi connectivity index (χ2v) is 21.4. The van der Waals surface area contributed by atoms with Crippen molar-refractivity contribution in [2.24, 2.45) is 17.8 Å². The molecule has 0 bridgehead atoms. The van der Waals surface area contributed by atoms with Crippen LogP contribution >= 0.6 is 11.6 Å². The van der Waals surface area contributed by atoms with E-state index in [9.17, 15) is 30.0 Å². The van der Waals surface area contributed by atoms with Crippen molar-refractivity contribution >= 4 is 23.7 Å². The minimum Gasteiger partial charge on any atom is -0.459 e. The van der Waals surface area contributed by atoms with Crippen LogP contribution in [0.2, 0.25) is 5.02 Å². The number of benzene rings is 1. The molecule has 19 nitrogen and oxygen atoms in total. The molecule has 0 saturated carbocycles. The van der Waals surface area contributed by atoms with Gasteiger partial charge in [-0.2, -0.15) is 0 Å². The number of aliphatic hydroxyl groups excluding tert-OH is 2. The molecular weight excluding hydrogens is 916 g/mol. The van der Waals surface area contributed by atoms with E-state index >= 15 is 0 Å². The highest BCUT2D eigenvalue weighted by Gasteiger charge is 2.54. The number of carbonyl (C=O) groups is 2. The Morgan fingerprint density at radius 2 is 1.72 bits per heavy atom. The molecule has 3 fully saturated rings. The van der Waals surface area contributed by atoms with E-state index in [-0.39, 0.29) is 43.9 Å². The summed E-state index contributed by atoms with van der Waals surface area (Å²) >= 11 is 6.14. The SMILES string of the molecule is CC[C@H]1OC(=O)[C@H](C)[C@@H](O[C@H]2C[C@@](C)(OC)[C@@H](OC(=O)NCc3cn(Cc4cccc(Cl)c4)nn3)[C@H](C)O2)[C@H](C)[C@@H](O[C@@H]2O[C@H](C)C[C@H](N(C)C)[C@H]2O)[C@](C)(O)C[C@@H](C)CN(C)[C@H](C)[C@@H](O)[C@]1(C)O. The van der Waals surface area contributed by atoms with Crippen LogP contribution in [-0.4, -0.2) is 182 Å². The fourth-order valence-corrected chi connectivity index (χ4v) is 10.8. The number of esters is 1. The van der Waals surface area contributed by atoms with Crippen LogP contribution in [0.1, 0.15) is 106 Å². The van der Waals surface area contributed by atoms with Crippen molar-refractivity contribution in [1.29, 1.82) is 0 Å². The second-order valence-electron chi connectivity index (χ2n) is 20.9. The Morgan fingerprint density at radius 1 is 1.03 bits per heavy atom. The molecule has 0 aliphatic carbocycles. The van der Waals surface area contributed by atoms with Gasteiger partial charge >= 0.3 is 12.1 Å². The minimum atomic E-state index is -1.85. The highest BCUT2D eigenvalue weighted by molar-refractivity contribution is 6.30. The molecule has 0 radical (unpaired) electrons. The van der Waals surface area contributed by atoms with Crippen molar-refractivity contribution in [3.8, 4) is 0 Å². The van der Waals surface area contributed by atoms with Crippen LogP contribution in [0, 0.1) is 17.8 Å². The first-order valence-corrected chi connectivity index (χ1v) is 24.7. The Labute approximate surface area is 413 Å². The largest absolute Gasteiger partial charge is 0.459 e. The van der Waals surface area contributed by atoms with E-state index in [0.29, 0.717) is 30.2 Å². The third kappa shape index (κ3) is 13.9. The normalized spacial score (nSPS) is 40.1. The third-order valence-electron chi connectivity index (χ3n) is 14.6. The third-order valence-corrected chi connectivity index (χ3v) is 14.9. The summed E-state index contributed by atoms with van der Waals surface area (Å²) < 4.78 is 46.3. The molecule has 1 amide bonds. The Morgan fingerprint density at radius 3 is 2.36 bits per heavy atom. The molecule has 1 aromatic heterocycles. The molecule has 3 aliphatic heterocycles. The molecule has 20 heteroatoms. The number of methoxy groups -OCH3 is 1. The number of rotatable bonds is 12. The second kappa shape index (κ2) is 23.7. The number of hydrogen-bond donors (Lipinski definition) is 5. The summed E-state index contributed by atoms with van der Waals surface area (Å²) in [6.45, 7) is 18.4. The molecular formula is C49H81ClN6O13. The Hall–Kier alpha value is -3.05. The summed E-state index contributed by atoms with van der Waals surface area (Å²) in [7, 11) is 7.08. The quantitative estimate of drug-likeness (QED) is 0.188. The van der Waals surface area contributed by atoms with Crippen molar-refractivity contribution in [3.63, 3.8) is 0 Å². The van der Waals surface area contributed by atoms with Gasteiger partial charge in [0, 0.05) is 43.1 Å². The van der Waals surface area contributed by atoms with E-state index in [1.807, 2.05) is 63.0 Å². The van der Waals surface area contributed by atoms with Crippen molar-refractivity contribution in [2.75, 3.05) is 34.8 Å². The molecule has 392 valence electrons. The van der Waals surface area contributed by atoms with Gasteiger partial charge in [-0.3, -0.25) is 4.79 Å². The molecule has 4 heterocycles. The van der Waals surface area contributed by atoms with Gasteiger partial charge in [-0.05, 0) is 112 Å².